The van der Waals surface area contributed by atoms with Gasteiger partial charge in [0.25, 0.3) is 0 Å². The number of nitrogens with zero attached hydrogens (tertiary/aromatic N) is 1. The van der Waals surface area contributed by atoms with Crippen molar-refractivity contribution in [1.82, 2.24) is 0 Å². The standard InChI is InChI=1S/C7H10N2O2/c1-5(7(8)11)3-6(2)9-4-10/h3,6H,1-2H3,(H2,8,11)/b5-3-. The van der Waals surface area contributed by atoms with Crippen molar-refractivity contribution in [3.63, 3.8) is 0 Å². The van der Waals surface area contributed by atoms with Gasteiger partial charge in [-0.25, -0.2) is 4.79 Å². The molecule has 0 aliphatic carbocycles. The molecule has 4 nitrogen and oxygen atoms in total. The first-order chi connectivity index (χ1) is 5.07. The third-order valence-corrected chi connectivity index (χ3v) is 1.14. The number of amides is 1. The summed E-state index contributed by atoms with van der Waals surface area (Å²) in [4.78, 5) is 23.5. The van der Waals surface area contributed by atoms with E-state index in [1.54, 1.807) is 13.8 Å². The van der Waals surface area contributed by atoms with E-state index in [0.717, 1.165) is 0 Å². The number of aliphatic imine (C=N–C) groups is 1. The lowest BCUT2D eigenvalue weighted by atomic mass is 10.2. The third-order valence-electron chi connectivity index (χ3n) is 1.14. The molecule has 0 aliphatic rings. The summed E-state index contributed by atoms with van der Waals surface area (Å²) in [6, 6.07) is -0.333. The topological polar surface area (TPSA) is 72.5 Å². The Morgan fingerprint density at radius 2 is 2.27 bits per heavy atom. The molecule has 4 heteroatoms. The molecular formula is C7H10N2O2. The highest BCUT2D eigenvalue weighted by Crippen LogP contribution is 1.97. The molecule has 0 aromatic heterocycles. The molecule has 1 unspecified atom stereocenters. The molecular weight excluding hydrogens is 144 g/mol. The minimum atomic E-state index is -0.502. The monoisotopic (exact) mass is 154 g/mol. The van der Waals surface area contributed by atoms with Crippen LogP contribution in [0.4, 0.5) is 0 Å². The van der Waals surface area contributed by atoms with Crippen molar-refractivity contribution in [2.45, 2.75) is 19.9 Å². The number of hydrogen-bond acceptors (Lipinski definition) is 3. The summed E-state index contributed by atoms with van der Waals surface area (Å²) >= 11 is 0. The van der Waals surface area contributed by atoms with E-state index < -0.39 is 5.91 Å². The van der Waals surface area contributed by atoms with Crippen LogP contribution >= 0.6 is 0 Å². The lowest BCUT2D eigenvalue weighted by molar-refractivity contribution is -0.114. The molecule has 0 aliphatic heterocycles. The van der Waals surface area contributed by atoms with Crippen LogP contribution < -0.4 is 5.73 Å². The molecule has 0 radical (unpaired) electrons. The fraction of sp³-hybridized carbons (Fsp3) is 0.429. The van der Waals surface area contributed by atoms with Crippen molar-refractivity contribution in [1.29, 1.82) is 0 Å². The minimum Gasteiger partial charge on any atom is -0.366 e. The maximum absolute atomic E-state index is 10.5. The van der Waals surface area contributed by atoms with Gasteiger partial charge >= 0.3 is 0 Å². The van der Waals surface area contributed by atoms with Crippen LogP contribution in [0.5, 0.6) is 0 Å². The van der Waals surface area contributed by atoms with E-state index in [1.807, 2.05) is 0 Å². The first kappa shape index (κ1) is 9.59. The van der Waals surface area contributed by atoms with Crippen LogP contribution in [0.15, 0.2) is 16.6 Å². The van der Waals surface area contributed by atoms with Crippen molar-refractivity contribution >= 4 is 12.0 Å². The number of carbonyl (C=O) groups is 1. The first-order valence-electron chi connectivity index (χ1n) is 3.13. The molecule has 0 aromatic rings. The Bertz CT molecular complexity index is 227. The van der Waals surface area contributed by atoms with Crippen LogP contribution in [0.25, 0.3) is 0 Å². The minimum absolute atomic E-state index is 0.333. The quantitative estimate of drug-likeness (QED) is 0.357. The van der Waals surface area contributed by atoms with Gasteiger partial charge in [0, 0.05) is 5.57 Å². The Morgan fingerprint density at radius 3 is 2.64 bits per heavy atom. The molecule has 0 saturated heterocycles. The highest BCUT2D eigenvalue weighted by Gasteiger charge is 1.99. The summed E-state index contributed by atoms with van der Waals surface area (Å²) in [6.07, 6.45) is 2.90. The summed E-state index contributed by atoms with van der Waals surface area (Å²) in [6.45, 7) is 3.23. The lowest BCUT2D eigenvalue weighted by Crippen LogP contribution is -2.13. The second kappa shape index (κ2) is 4.41. The molecule has 11 heavy (non-hydrogen) atoms. The Hall–Kier alpha value is -1.41. The van der Waals surface area contributed by atoms with E-state index in [0.29, 0.717) is 5.57 Å². The number of isocyanates is 1. The fourth-order valence-corrected chi connectivity index (χ4v) is 0.564. The average Bonchev–Trinajstić information content (AvgIpc) is 1.87. The van der Waals surface area contributed by atoms with Gasteiger partial charge in [-0.2, -0.15) is 4.99 Å². The van der Waals surface area contributed by atoms with Crippen LogP contribution in [0.1, 0.15) is 13.8 Å². The molecule has 0 heterocycles. The lowest BCUT2D eigenvalue weighted by Gasteiger charge is -1.96. The normalized spacial score (nSPS) is 13.5. The van der Waals surface area contributed by atoms with Crippen molar-refractivity contribution in [3.05, 3.63) is 11.6 Å². The second-order valence-electron chi connectivity index (χ2n) is 2.17. The Morgan fingerprint density at radius 1 is 1.73 bits per heavy atom. The van der Waals surface area contributed by atoms with Gasteiger partial charge in [0.2, 0.25) is 12.0 Å². The van der Waals surface area contributed by atoms with Gasteiger partial charge < -0.3 is 5.73 Å². The summed E-state index contributed by atoms with van der Waals surface area (Å²) in [7, 11) is 0. The van der Waals surface area contributed by atoms with Crippen LogP contribution in [0.2, 0.25) is 0 Å². The maximum Gasteiger partial charge on any atom is 0.244 e. The number of nitrogens with two attached hydrogens (primary N) is 1. The van der Waals surface area contributed by atoms with Gasteiger partial charge in [-0.05, 0) is 13.8 Å². The number of rotatable bonds is 3. The van der Waals surface area contributed by atoms with E-state index >= 15 is 0 Å². The molecule has 0 fully saturated rings. The molecule has 0 saturated carbocycles. The molecule has 60 valence electrons. The van der Waals surface area contributed by atoms with Gasteiger partial charge in [-0.15, -0.1) is 0 Å². The SMILES string of the molecule is C/C(=C/C(C)N=C=O)C(N)=O. The third kappa shape index (κ3) is 4.06. The number of carbonyl (C=O) groups excluding carboxylic acids is 2. The zero-order valence-electron chi connectivity index (χ0n) is 6.50. The van der Waals surface area contributed by atoms with Crippen LogP contribution in [-0.2, 0) is 9.59 Å². The van der Waals surface area contributed by atoms with Gasteiger partial charge in [-0.1, -0.05) is 6.08 Å². The van der Waals surface area contributed by atoms with Crippen molar-refractivity contribution in [3.8, 4) is 0 Å². The van der Waals surface area contributed by atoms with E-state index in [-0.39, 0.29) is 6.04 Å². The molecule has 1 atom stereocenters. The van der Waals surface area contributed by atoms with Crippen LogP contribution in [0.3, 0.4) is 0 Å². The summed E-state index contributed by atoms with van der Waals surface area (Å²) < 4.78 is 0. The van der Waals surface area contributed by atoms with Crippen LogP contribution in [-0.4, -0.2) is 18.0 Å². The number of primary amides is 1. The van der Waals surface area contributed by atoms with E-state index in [2.05, 4.69) is 4.99 Å². The zero-order valence-corrected chi connectivity index (χ0v) is 6.50. The first-order valence-corrected chi connectivity index (χ1v) is 3.13. The average molecular weight is 154 g/mol. The summed E-state index contributed by atoms with van der Waals surface area (Å²) in [5.74, 6) is -0.502. The maximum atomic E-state index is 10.5. The Balaban J connectivity index is 4.29. The van der Waals surface area contributed by atoms with E-state index in [4.69, 9.17) is 5.73 Å². The molecule has 0 aromatic carbocycles. The van der Waals surface area contributed by atoms with Crippen molar-refractivity contribution in [2.75, 3.05) is 0 Å². The van der Waals surface area contributed by atoms with Gasteiger partial charge in [0.1, 0.15) is 0 Å². The summed E-state index contributed by atoms with van der Waals surface area (Å²) in [5, 5.41) is 0. The molecule has 0 bridgehead atoms. The van der Waals surface area contributed by atoms with Gasteiger partial charge in [0.15, 0.2) is 0 Å². The van der Waals surface area contributed by atoms with E-state index in [9.17, 15) is 9.59 Å². The molecule has 2 N–H and O–H groups in total. The number of hydrogen-bond donors (Lipinski definition) is 1. The highest BCUT2D eigenvalue weighted by molar-refractivity contribution is 5.91. The Labute approximate surface area is 64.8 Å². The Kier molecular flexibility index (Phi) is 3.85. The predicted molar refractivity (Wildman–Crippen MR) is 40.5 cm³/mol. The van der Waals surface area contributed by atoms with Crippen molar-refractivity contribution < 1.29 is 9.59 Å². The highest BCUT2D eigenvalue weighted by atomic mass is 16.1. The summed E-state index contributed by atoms with van der Waals surface area (Å²) in [5.41, 5.74) is 5.33. The predicted octanol–water partition coefficient (Wildman–Crippen LogP) is 0.142. The molecule has 0 rings (SSSR count). The van der Waals surface area contributed by atoms with Crippen molar-refractivity contribution in [2.24, 2.45) is 10.7 Å². The molecule has 0 spiro atoms. The zero-order chi connectivity index (χ0) is 8.85. The van der Waals surface area contributed by atoms with Gasteiger partial charge in [0.05, 0.1) is 6.04 Å². The van der Waals surface area contributed by atoms with Gasteiger partial charge in [-0.3, -0.25) is 4.79 Å². The smallest absolute Gasteiger partial charge is 0.244 e. The van der Waals surface area contributed by atoms with Crippen LogP contribution in [0, 0.1) is 0 Å². The fourth-order valence-electron chi connectivity index (χ4n) is 0.564. The second-order valence-corrected chi connectivity index (χ2v) is 2.17. The van der Waals surface area contributed by atoms with E-state index in [1.165, 1.54) is 12.2 Å². The largest absolute Gasteiger partial charge is 0.366 e. The molecule has 1 amide bonds.